The van der Waals surface area contributed by atoms with Crippen molar-refractivity contribution in [2.75, 3.05) is 0 Å². The lowest BCUT2D eigenvalue weighted by atomic mass is 9.99. The Morgan fingerprint density at radius 3 is 1.92 bits per heavy atom. The molecule has 4 rings (SSSR count). The maximum Gasteiger partial charge on any atom is 0.211 e. The molecule has 26 heavy (non-hydrogen) atoms. The number of Topliss-reactive ketones (excluding diaryl/α,β-unsaturated/α-hetero) is 1. The first-order chi connectivity index (χ1) is 12.5. The normalized spacial score (nSPS) is 13.8. The molecule has 0 aromatic heterocycles. The molecule has 1 aliphatic carbocycles. The van der Waals surface area contributed by atoms with Crippen LogP contribution in [0.5, 0.6) is 0 Å². The Morgan fingerprint density at radius 1 is 0.692 bits per heavy atom. The van der Waals surface area contributed by atoms with Crippen LogP contribution in [0.15, 0.2) is 88.7 Å². The summed E-state index contributed by atoms with van der Waals surface area (Å²) in [5, 5.41) is 0. The number of hydrogen-bond donors (Lipinski definition) is 0. The van der Waals surface area contributed by atoms with Gasteiger partial charge in [0.2, 0.25) is 15.6 Å². The number of hydrogen-bond acceptors (Lipinski definition) is 3. The van der Waals surface area contributed by atoms with Crippen molar-refractivity contribution < 1.29 is 17.6 Å². The summed E-state index contributed by atoms with van der Waals surface area (Å²) in [5.74, 6) is -0.969. The first-order valence-electron chi connectivity index (χ1n) is 7.94. The Hall–Kier alpha value is -3.05. The fourth-order valence-electron chi connectivity index (χ4n) is 3.13. The molecule has 0 N–H and O–H groups in total. The third kappa shape index (κ3) is 2.48. The Labute approximate surface area is 150 Å². The maximum atomic E-state index is 13.3. The molecule has 0 fully saturated rings. The highest BCUT2D eigenvalue weighted by Crippen LogP contribution is 2.41. The van der Waals surface area contributed by atoms with Crippen LogP contribution in [0.25, 0.3) is 5.57 Å². The quantitative estimate of drug-likeness (QED) is 0.698. The molecule has 5 heteroatoms. The van der Waals surface area contributed by atoms with Gasteiger partial charge < -0.3 is 0 Å². The second-order valence-electron chi connectivity index (χ2n) is 5.90. The van der Waals surface area contributed by atoms with Gasteiger partial charge in [0.15, 0.2) is 0 Å². The molecule has 1 aliphatic rings. The fraction of sp³-hybridized carbons (Fsp3) is 0. The molecular formula is C21H13FO3S. The van der Waals surface area contributed by atoms with Crippen LogP contribution in [-0.4, -0.2) is 14.2 Å². The number of halogens is 1. The molecule has 3 aromatic rings. The number of ketones is 1. The molecule has 0 saturated carbocycles. The van der Waals surface area contributed by atoms with Crippen LogP contribution >= 0.6 is 0 Å². The number of rotatable bonds is 3. The maximum absolute atomic E-state index is 13.3. The summed E-state index contributed by atoms with van der Waals surface area (Å²) in [6, 6.07) is 20.1. The Kier molecular flexibility index (Phi) is 3.81. The number of benzene rings is 3. The van der Waals surface area contributed by atoms with Gasteiger partial charge >= 0.3 is 0 Å². The monoisotopic (exact) mass is 364 g/mol. The van der Waals surface area contributed by atoms with Crippen molar-refractivity contribution in [1.82, 2.24) is 0 Å². The van der Waals surface area contributed by atoms with E-state index >= 15 is 0 Å². The van der Waals surface area contributed by atoms with Crippen molar-refractivity contribution in [3.8, 4) is 0 Å². The lowest BCUT2D eigenvalue weighted by Gasteiger charge is -2.09. The molecule has 0 bridgehead atoms. The predicted octanol–water partition coefficient (Wildman–Crippen LogP) is 4.26. The molecule has 0 saturated heterocycles. The molecule has 3 aromatic carbocycles. The third-order valence-electron chi connectivity index (χ3n) is 4.33. The number of fused-ring (bicyclic) bond motifs is 1. The first kappa shape index (κ1) is 16.4. The summed E-state index contributed by atoms with van der Waals surface area (Å²) in [4.78, 5) is 12.7. The minimum absolute atomic E-state index is 0.0516. The molecule has 0 heterocycles. The van der Waals surface area contributed by atoms with Crippen molar-refractivity contribution in [2.24, 2.45) is 0 Å². The van der Waals surface area contributed by atoms with Crippen LogP contribution in [0.4, 0.5) is 4.39 Å². The van der Waals surface area contributed by atoms with Crippen molar-refractivity contribution in [2.45, 2.75) is 4.90 Å². The van der Waals surface area contributed by atoms with Gasteiger partial charge in [-0.05, 0) is 35.4 Å². The minimum atomic E-state index is -4.03. The average Bonchev–Trinajstić information content (AvgIpc) is 2.97. The van der Waals surface area contributed by atoms with Gasteiger partial charge in [0, 0.05) is 11.1 Å². The molecule has 0 radical (unpaired) electrons. The summed E-state index contributed by atoms with van der Waals surface area (Å²) in [5.41, 5.74) is 1.67. The topological polar surface area (TPSA) is 51.2 Å². The molecule has 0 atom stereocenters. The number of carbonyl (C=O) groups is 1. The van der Waals surface area contributed by atoms with Crippen LogP contribution in [0, 0.1) is 5.82 Å². The average molecular weight is 364 g/mol. The first-order valence-corrected chi connectivity index (χ1v) is 9.43. The van der Waals surface area contributed by atoms with Crippen molar-refractivity contribution in [1.29, 1.82) is 0 Å². The second kappa shape index (κ2) is 6.04. The van der Waals surface area contributed by atoms with Crippen LogP contribution in [0.3, 0.4) is 0 Å². The molecule has 0 aliphatic heterocycles. The number of allylic oxidation sites excluding steroid dienone is 1. The van der Waals surface area contributed by atoms with Gasteiger partial charge in [-0.25, -0.2) is 12.8 Å². The van der Waals surface area contributed by atoms with Gasteiger partial charge in [0.1, 0.15) is 10.7 Å². The molecule has 128 valence electrons. The third-order valence-corrected chi connectivity index (χ3v) is 6.15. The largest absolute Gasteiger partial charge is 0.288 e. The Morgan fingerprint density at radius 2 is 1.27 bits per heavy atom. The van der Waals surface area contributed by atoms with Gasteiger partial charge in [0.25, 0.3) is 0 Å². The lowest BCUT2D eigenvalue weighted by Crippen LogP contribution is -2.12. The molecular weight excluding hydrogens is 351 g/mol. The van der Waals surface area contributed by atoms with Crippen molar-refractivity contribution in [3.05, 3.63) is 106 Å². The number of carbonyl (C=O) groups excluding carboxylic acids is 1. The van der Waals surface area contributed by atoms with E-state index in [0.29, 0.717) is 22.3 Å². The smallest absolute Gasteiger partial charge is 0.211 e. The summed E-state index contributed by atoms with van der Waals surface area (Å²) < 4.78 is 39.8. The molecule has 3 nitrogen and oxygen atoms in total. The van der Waals surface area contributed by atoms with Gasteiger partial charge in [-0.2, -0.15) is 0 Å². The van der Waals surface area contributed by atoms with Crippen molar-refractivity contribution >= 4 is 21.2 Å². The van der Waals surface area contributed by atoms with E-state index in [1.165, 1.54) is 36.4 Å². The Balaban J connectivity index is 2.04. The zero-order chi connectivity index (χ0) is 18.3. The fourth-order valence-corrected chi connectivity index (χ4v) is 4.74. The minimum Gasteiger partial charge on any atom is -0.288 e. The van der Waals surface area contributed by atoms with Crippen LogP contribution in [0.1, 0.15) is 21.5 Å². The van der Waals surface area contributed by atoms with Crippen molar-refractivity contribution in [3.63, 3.8) is 0 Å². The molecule has 0 amide bonds. The van der Waals surface area contributed by atoms with E-state index in [1.54, 1.807) is 42.5 Å². The highest BCUT2D eigenvalue weighted by atomic mass is 32.2. The molecule has 0 spiro atoms. The number of sulfone groups is 1. The zero-order valence-corrected chi connectivity index (χ0v) is 14.3. The lowest BCUT2D eigenvalue weighted by molar-refractivity contribution is 0.104. The highest BCUT2D eigenvalue weighted by molar-refractivity contribution is 7.96. The van der Waals surface area contributed by atoms with Gasteiger partial charge in [-0.15, -0.1) is 0 Å². The summed E-state index contributed by atoms with van der Waals surface area (Å²) >= 11 is 0. The summed E-state index contributed by atoms with van der Waals surface area (Å²) in [7, 11) is -4.03. The van der Waals surface area contributed by atoms with E-state index in [2.05, 4.69) is 0 Å². The zero-order valence-electron chi connectivity index (χ0n) is 13.5. The SMILES string of the molecule is O=C1C(S(=O)(=O)c2ccccc2)=C(c2ccc(F)cc2)c2ccccc21. The highest BCUT2D eigenvalue weighted by Gasteiger charge is 2.38. The van der Waals surface area contributed by atoms with E-state index in [0.717, 1.165) is 0 Å². The van der Waals surface area contributed by atoms with Crippen LogP contribution < -0.4 is 0 Å². The summed E-state index contributed by atoms with van der Waals surface area (Å²) in [6.07, 6.45) is 0. The van der Waals surface area contributed by atoms with Gasteiger partial charge in [-0.3, -0.25) is 4.79 Å². The standard InChI is InChI=1S/C21H13FO3S/c22-15-12-10-14(11-13-15)19-17-8-4-5-9-18(17)20(23)21(19)26(24,25)16-6-2-1-3-7-16/h1-13H. The summed E-state index contributed by atoms with van der Waals surface area (Å²) in [6.45, 7) is 0. The predicted molar refractivity (Wildman–Crippen MR) is 96.8 cm³/mol. The van der Waals surface area contributed by atoms with E-state index in [9.17, 15) is 17.6 Å². The van der Waals surface area contributed by atoms with Gasteiger partial charge in [0.05, 0.1) is 4.90 Å². The Bertz CT molecular complexity index is 1150. The van der Waals surface area contributed by atoms with E-state index in [1.807, 2.05) is 0 Å². The van der Waals surface area contributed by atoms with E-state index in [-0.39, 0.29) is 9.80 Å². The van der Waals surface area contributed by atoms with E-state index < -0.39 is 21.4 Å². The van der Waals surface area contributed by atoms with E-state index in [4.69, 9.17) is 0 Å². The second-order valence-corrected chi connectivity index (χ2v) is 7.79. The van der Waals surface area contributed by atoms with Crippen LogP contribution in [-0.2, 0) is 9.84 Å². The molecule has 0 unspecified atom stereocenters. The van der Waals surface area contributed by atoms with Crippen LogP contribution in [0.2, 0.25) is 0 Å². The van der Waals surface area contributed by atoms with Gasteiger partial charge in [-0.1, -0.05) is 54.6 Å².